The van der Waals surface area contributed by atoms with Crippen molar-refractivity contribution >= 4 is 17.8 Å². The summed E-state index contributed by atoms with van der Waals surface area (Å²) < 4.78 is 10.2. The molecule has 0 heterocycles. The lowest BCUT2D eigenvalue weighted by molar-refractivity contribution is -0.157. The summed E-state index contributed by atoms with van der Waals surface area (Å²) in [7, 11) is 3.14. The first-order valence-electron chi connectivity index (χ1n) is 8.81. The predicted molar refractivity (Wildman–Crippen MR) is 104 cm³/mol. The van der Waals surface area contributed by atoms with E-state index >= 15 is 0 Å². The molecule has 0 saturated carbocycles. The molecule has 0 unspecified atom stereocenters. The van der Waals surface area contributed by atoms with Crippen LogP contribution in [0.4, 0.5) is 0 Å². The Bertz CT molecular complexity index is 823. The highest BCUT2D eigenvalue weighted by atomic mass is 16.5. The average Bonchev–Trinajstić information content (AvgIpc) is 2.72. The highest BCUT2D eigenvalue weighted by molar-refractivity contribution is 5.96. The van der Waals surface area contributed by atoms with Gasteiger partial charge in [0.15, 0.2) is 6.10 Å². The number of benzene rings is 2. The van der Waals surface area contributed by atoms with Gasteiger partial charge in [-0.15, -0.1) is 0 Å². The number of hydrogen-bond donors (Lipinski definition) is 1. The third-order valence-corrected chi connectivity index (χ3v) is 4.02. The van der Waals surface area contributed by atoms with Gasteiger partial charge in [-0.2, -0.15) is 0 Å². The molecule has 0 radical (unpaired) electrons. The number of rotatable bonds is 8. The van der Waals surface area contributed by atoms with Gasteiger partial charge in [-0.05, 0) is 30.7 Å². The van der Waals surface area contributed by atoms with Gasteiger partial charge in [-0.3, -0.25) is 14.4 Å². The zero-order valence-corrected chi connectivity index (χ0v) is 16.2. The van der Waals surface area contributed by atoms with E-state index in [0.717, 1.165) is 5.56 Å². The van der Waals surface area contributed by atoms with E-state index in [1.807, 2.05) is 30.3 Å². The molecule has 0 saturated heterocycles. The summed E-state index contributed by atoms with van der Waals surface area (Å²) in [6.45, 7) is 1.58. The molecule has 148 valence electrons. The fraction of sp³-hybridized carbons (Fsp3) is 0.286. The molecule has 7 nitrogen and oxygen atoms in total. The van der Waals surface area contributed by atoms with Gasteiger partial charge in [0.2, 0.25) is 0 Å². The van der Waals surface area contributed by atoms with Gasteiger partial charge >= 0.3 is 5.97 Å². The molecule has 0 spiro atoms. The zero-order chi connectivity index (χ0) is 20.5. The third kappa shape index (κ3) is 6.12. The van der Waals surface area contributed by atoms with Crippen molar-refractivity contribution in [2.24, 2.45) is 0 Å². The van der Waals surface area contributed by atoms with Gasteiger partial charge in [-0.1, -0.05) is 36.4 Å². The first-order chi connectivity index (χ1) is 13.4. The summed E-state index contributed by atoms with van der Waals surface area (Å²) >= 11 is 0. The SMILES string of the molecule is COc1cccc(C(=O)NCC(=O)O[C@@H](C)C(=O)N(C)Cc2ccccc2)c1. The lowest BCUT2D eigenvalue weighted by Crippen LogP contribution is -2.39. The maximum Gasteiger partial charge on any atom is 0.326 e. The number of amides is 2. The van der Waals surface area contributed by atoms with Gasteiger partial charge in [0.1, 0.15) is 12.3 Å². The molecule has 1 atom stereocenters. The number of hydrogen-bond acceptors (Lipinski definition) is 5. The van der Waals surface area contributed by atoms with Crippen LogP contribution < -0.4 is 10.1 Å². The van der Waals surface area contributed by atoms with Crippen molar-refractivity contribution in [3.05, 3.63) is 65.7 Å². The Morgan fingerprint density at radius 1 is 1.07 bits per heavy atom. The van der Waals surface area contributed by atoms with Crippen LogP contribution in [0, 0.1) is 0 Å². The second-order valence-corrected chi connectivity index (χ2v) is 6.23. The van der Waals surface area contributed by atoms with E-state index in [-0.39, 0.29) is 12.5 Å². The van der Waals surface area contributed by atoms with Crippen molar-refractivity contribution in [2.45, 2.75) is 19.6 Å². The molecule has 0 aliphatic rings. The molecule has 0 aromatic heterocycles. The molecule has 0 bridgehead atoms. The standard InChI is InChI=1S/C21H24N2O5/c1-15(21(26)23(2)14-16-8-5-4-6-9-16)28-19(24)13-22-20(25)17-10-7-11-18(12-17)27-3/h4-12,15H,13-14H2,1-3H3,(H,22,25)/t15-/m0/s1. The second kappa shape index (κ2) is 10.1. The maximum absolute atomic E-state index is 12.4. The van der Waals surface area contributed by atoms with E-state index < -0.39 is 18.0 Å². The highest BCUT2D eigenvalue weighted by Gasteiger charge is 2.22. The summed E-state index contributed by atoms with van der Waals surface area (Å²) in [5, 5.41) is 2.47. The van der Waals surface area contributed by atoms with Crippen LogP contribution in [-0.2, 0) is 20.9 Å². The molecule has 28 heavy (non-hydrogen) atoms. The minimum atomic E-state index is -0.949. The summed E-state index contributed by atoms with van der Waals surface area (Å²) in [4.78, 5) is 37.9. The number of methoxy groups -OCH3 is 1. The minimum absolute atomic E-state index is 0.323. The minimum Gasteiger partial charge on any atom is -0.497 e. The van der Waals surface area contributed by atoms with E-state index in [0.29, 0.717) is 17.9 Å². The van der Waals surface area contributed by atoms with Gasteiger partial charge in [0, 0.05) is 19.2 Å². The van der Waals surface area contributed by atoms with Crippen LogP contribution in [0.5, 0.6) is 5.75 Å². The quantitative estimate of drug-likeness (QED) is 0.704. The number of carbonyl (C=O) groups is 3. The number of nitrogens with one attached hydrogen (secondary N) is 1. The van der Waals surface area contributed by atoms with Crippen LogP contribution in [-0.4, -0.2) is 49.5 Å². The molecule has 1 N–H and O–H groups in total. The molecule has 0 aliphatic heterocycles. The summed E-state index contributed by atoms with van der Waals surface area (Å²) in [5.74, 6) is -0.909. The van der Waals surface area contributed by atoms with Crippen LogP contribution in [0.3, 0.4) is 0 Å². The lowest BCUT2D eigenvalue weighted by Gasteiger charge is -2.21. The predicted octanol–water partition coefficient (Wildman–Crippen LogP) is 2.02. The summed E-state index contributed by atoms with van der Waals surface area (Å²) in [6.07, 6.45) is -0.949. The van der Waals surface area contributed by atoms with E-state index in [9.17, 15) is 14.4 Å². The fourth-order valence-corrected chi connectivity index (χ4v) is 2.55. The van der Waals surface area contributed by atoms with Crippen molar-refractivity contribution in [3.8, 4) is 5.75 Å². The van der Waals surface area contributed by atoms with Gasteiger partial charge in [-0.25, -0.2) is 0 Å². The largest absolute Gasteiger partial charge is 0.497 e. The number of ether oxygens (including phenoxy) is 2. The van der Waals surface area contributed by atoms with Crippen LogP contribution in [0.1, 0.15) is 22.8 Å². The van der Waals surface area contributed by atoms with Crippen molar-refractivity contribution < 1.29 is 23.9 Å². The Hall–Kier alpha value is -3.35. The Morgan fingerprint density at radius 2 is 1.79 bits per heavy atom. The van der Waals surface area contributed by atoms with E-state index in [1.165, 1.54) is 18.9 Å². The van der Waals surface area contributed by atoms with Gasteiger partial charge in [0.05, 0.1) is 7.11 Å². The van der Waals surface area contributed by atoms with E-state index in [1.54, 1.807) is 31.3 Å². The number of nitrogens with zero attached hydrogens (tertiary/aromatic N) is 1. The van der Waals surface area contributed by atoms with E-state index in [4.69, 9.17) is 9.47 Å². The van der Waals surface area contributed by atoms with Crippen molar-refractivity contribution in [3.63, 3.8) is 0 Å². The van der Waals surface area contributed by atoms with Crippen LogP contribution in [0.25, 0.3) is 0 Å². The first kappa shape index (κ1) is 21.0. The monoisotopic (exact) mass is 384 g/mol. The van der Waals surface area contributed by atoms with Crippen molar-refractivity contribution in [2.75, 3.05) is 20.7 Å². The normalized spacial score (nSPS) is 11.2. The average molecular weight is 384 g/mol. The molecule has 2 aromatic rings. The van der Waals surface area contributed by atoms with Gasteiger partial charge < -0.3 is 19.7 Å². The number of likely N-dealkylation sites (N-methyl/N-ethyl adjacent to an activating group) is 1. The topological polar surface area (TPSA) is 84.9 Å². The fourth-order valence-electron chi connectivity index (χ4n) is 2.55. The maximum atomic E-state index is 12.4. The Morgan fingerprint density at radius 3 is 2.46 bits per heavy atom. The van der Waals surface area contributed by atoms with Crippen LogP contribution >= 0.6 is 0 Å². The highest BCUT2D eigenvalue weighted by Crippen LogP contribution is 2.12. The molecule has 2 amide bonds. The first-order valence-corrected chi connectivity index (χ1v) is 8.81. The summed E-state index contributed by atoms with van der Waals surface area (Å²) in [5.41, 5.74) is 1.33. The Labute approximate surface area is 164 Å². The third-order valence-electron chi connectivity index (χ3n) is 4.02. The van der Waals surface area contributed by atoms with Crippen molar-refractivity contribution in [1.82, 2.24) is 10.2 Å². The van der Waals surface area contributed by atoms with Crippen LogP contribution in [0.15, 0.2) is 54.6 Å². The smallest absolute Gasteiger partial charge is 0.326 e. The molecule has 2 rings (SSSR count). The van der Waals surface area contributed by atoms with E-state index in [2.05, 4.69) is 5.32 Å². The van der Waals surface area contributed by atoms with Crippen molar-refractivity contribution in [1.29, 1.82) is 0 Å². The van der Waals surface area contributed by atoms with Gasteiger partial charge in [0.25, 0.3) is 11.8 Å². The molecule has 7 heteroatoms. The Balaban J connectivity index is 1.81. The molecule has 0 fully saturated rings. The number of esters is 1. The molecular formula is C21H24N2O5. The summed E-state index contributed by atoms with van der Waals surface area (Å²) in [6, 6.07) is 16.1. The lowest BCUT2D eigenvalue weighted by atomic mass is 10.2. The molecule has 0 aliphatic carbocycles. The zero-order valence-electron chi connectivity index (χ0n) is 16.2. The molecule has 2 aromatic carbocycles. The second-order valence-electron chi connectivity index (χ2n) is 6.23. The number of carbonyl (C=O) groups excluding carboxylic acids is 3. The van der Waals surface area contributed by atoms with Crippen LogP contribution in [0.2, 0.25) is 0 Å². The molecular weight excluding hydrogens is 360 g/mol. The Kier molecular flexibility index (Phi) is 7.56.